The fraction of sp³-hybridized carbons (Fsp3) is 0.800. The van der Waals surface area contributed by atoms with Gasteiger partial charge in [-0.15, -0.1) is 0 Å². The lowest BCUT2D eigenvalue weighted by Gasteiger charge is -2.16. The minimum Gasteiger partial charge on any atom is -0.159 e. The Hall–Kier alpha value is -0.790. The molecule has 1 fully saturated rings. The number of nitrogens with zero attached hydrogens (tertiary/aromatic N) is 2. The molecule has 1 heterocycles. The highest BCUT2D eigenvalue weighted by Gasteiger charge is 2.20. The molecule has 0 N–H and O–H groups in total. The van der Waals surface area contributed by atoms with Gasteiger partial charge in [0, 0.05) is 5.92 Å². The number of hydrogen-bond acceptors (Lipinski definition) is 1. The van der Waals surface area contributed by atoms with Gasteiger partial charge in [0.05, 0.1) is 11.9 Å². The van der Waals surface area contributed by atoms with Gasteiger partial charge in [0.2, 0.25) is 0 Å². The minimum atomic E-state index is 0.676. The van der Waals surface area contributed by atoms with Gasteiger partial charge in [-0.25, -0.2) is 0 Å². The van der Waals surface area contributed by atoms with Crippen LogP contribution in [0.1, 0.15) is 71.1 Å². The third kappa shape index (κ3) is 3.86. The van der Waals surface area contributed by atoms with Crippen LogP contribution < -0.4 is 5.43 Å². The summed E-state index contributed by atoms with van der Waals surface area (Å²) in [6.07, 6.45) is 15.9. The summed E-state index contributed by atoms with van der Waals surface area (Å²) in [7, 11) is 0. The van der Waals surface area contributed by atoms with Crippen LogP contribution in [0.3, 0.4) is 0 Å². The first-order valence-electron chi connectivity index (χ1n) is 7.33. The van der Waals surface area contributed by atoms with Crippen LogP contribution in [0.25, 0.3) is 0 Å². The molecule has 2 nitrogen and oxygen atoms in total. The molecule has 0 unspecified atom stereocenters. The lowest BCUT2D eigenvalue weighted by atomic mass is 9.88. The van der Waals surface area contributed by atoms with E-state index < -0.39 is 0 Å². The lowest BCUT2D eigenvalue weighted by Crippen LogP contribution is -2.14. The summed E-state index contributed by atoms with van der Waals surface area (Å²) in [6.45, 7) is 2.15. The molecule has 0 amide bonds. The maximum absolute atomic E-state index is 4.34. The van der Waals surface area contributed by atoms with E-state index in [0.717, 1.165) is 0 Å². The molecular formula is C15H25N2. The fourth-order valence-electron chi connectivity index (χ4n) is 2.99. The molecule has 1 radical (unpaired) electrons. The second kappa shape index (κ2) is 6.83. The Labute approximate surface area is 106 Å². The fourth-order valence-corrected chi connectivity index (χ4v) is 2.99. The molecule has 1 aliphatic heterocycles. The van der Waals surface area contributed by atoms with Gasteiger partial charge in [0.1, 0.15) is 0 Å². The minimum absolute atomic E-state index is 0.676. The van der Waals surface area contributed by atoms with Gasteiger partial charge in [-0.2, -0.15) is 10.5 Å². The smallest absolute Gasteiger partial charge is 0.0706 e. The van der Waals surface area contributed by atoms with Gasteiger partial charge in [0.15, 0.2) is 0 Å². The zero-order chi connectivity index (χ0) is 11.9. The van der Waals surface area contributed by atoms with Crippen LogP contribution in [0.2, 0.25) is 0 Å². The Kier molecular flexibility index (Phi) is 5.08. The van der Waals surface area contributed by atoms with Crippen molar-refractivity contribution < 1.29 is 0 Å². The molecule has 0 aromatic rings. The van der Waals surface area contributed by atoms with Crippen molar-refractivity contribution >= 4 is 5.71 Å². The molecule has 2 aliphatic rings. The van der Waals surface area contributed by atoms with E-state index in [4.69, 9.17) is 0 Å². The average molecular weight is 233 g/mol. The van der Waals surface area contributed by atoms with Crippen LogP contribution in [0.15, 0.2) is 16.9 Å². The van der Waals surface area contributed by atoms with Crippen molar-refractivity contribution in [1.82, 2.24) is 5.43 Å². The monoisotopic (exact) mass is 233 g/mol. The van der Waals surface area contributed by atoms with Crippen molar-refractivity contribution in [3.8, 4) is 0 Å². The topological polar surface area (TPSA) is 26.5 Å². The van der Waals surface area contributed by atoms with Crippen molar-refractivity contribution in [1.29, 1.82) is 0 Å². The van der Waals surface area contributed by atoms with Crippen LogP contribution in [-0.4, -0.2) is 5.71 Å². The normalized spacial score (nSPS) is 24.5. The van der Waals surface area contributed by atoms with E-state index in [1.807, 2.05) is 6.20 Å². The number of rotatable bonds is 1. The highest BCUT2D eigenvalue weighted by Crippen LogP contribution is 2.26. The summed E-state index contributed by atoms with van der Waals surface area (Å²) in [4.78, 5) is 0. The van der Waals surface area contributed by atoms with Crippen molar-refractivity contribution in [3.05, 3.63) is 11.8 Å². The predicted octanol–water partition coefficient (Wildman–Crippen LogP) is 4.40. The lowest BCUT2D eigenvalue weighted by molar-refractivity contribution is 0.510. The predicted molar refractivity (Wildman–Crippen MR) is 73.0 cm³/mol. The third-order valence-corrected chi connectivity index (χ3v) is 4.06. The SMILES string of the molecule is CC1=C[N]N=C1C1CCCCCCCCCC1. The van der Waals surface area contributed by atoms with E-state index in [2.05, 4.69) is 17.5 Å². The third-order valence-electron chi connectivity index (χ3n) is 4.06. The van der Waals surface area contributed by atoms with Gasteiger partial charge in [-0.3, -0.25) is 0 Å². The molecule has 17 heavy (non-hydrogen) atoms. The summed E-state index contributed by atoms with van der Waals surface area (Å²) in [5.41, 5.74) is 6.64. The van der Waals surface area contributed by atoms with Crippen LogP contribution >= 0.6 is 0 Å². The Morgan fingerprint density at radius 2 is 1.41 bits per heavy atom. The zero-order valence-corrected chi connectivity index (χ0v) is 11.1. The first-order chi connectivity index (χ1) is 8.38. The second-order valence-corrected chi connectivity index (χ2v) is 5.52. The first kappa shape index (κ1) is 12.7. The summed E-state index contributed by atoms with van der Waals surface area (Å²) >= 11 is 0. The molecule has 1 aliphatic carbocycles. The van der Waals surface area contributed by atoms with E-state index in [1.54, 1.807) is 0 Å². The highest BCUT2D eigenvalue weighted by atomic mass is 15.3. The molecule has 0 atom stereocenters. The maximum Gasteiger partial charge on any atom is 0.0706 e. The van der Waals surface area contributed by atoms with E-state index >= 15 is 0 Å². The molecule has 95 valence electrons. The molecule has 0 aromatic carbocycles. The summed E-state index contributed by atoms with van der Waals surface area (Å²) in [6, 6.07) is 0. The van der Waals surface area contributed by atoms with Gasteiger partial charge >= 0.3 is 0 Å². The highest BCUT2D eigenvalue weighted by molar-refractivity contribution is 6.02. The molecule has 2 heteroatoms. The first-order valence-corrected chi connectivity index (χ1v) is 7.33. The molecule has 0 spiro atoms. The zero-order valence-electron chi connectivity index (χ0n) is 11.1. The summed E-state index contributed by atoms with van der Waals surface area (Å²) in [5.74, 6) is 0.676. The molecular weight excluding hydrogens is 208 g/mol. The van der Waals surface area contributed by atoms with Crippen LogP contribution in [0.5, 0.6) is 0 Å². The van der Waals surface area contributed by atoms with Crippen LogP contribution in [0, 0.1) is 5.92 Å². The van der Waals surface area contributed by atoms with Crippen molar-refractivity contribution in [3.63, 3.8) is 0 Å². The summed E-state index contributed by atoms with van der Waals surface area (Å²) in [5, 5.41) is 4.34. The number of allylic oxidation sites excluding steroid dienone is 1. The molecule has 0 aromatic heterocycles. The second-order valence-electron chi connectivity index (χ2n) is 5.52. The Morgan fingerprint density at radius 1 is 0.882 bits per heavy atom. The van der Waals surface area contributed by atoms with Crippen LogP contribution in [0.4, 0.5) is 0 Å². The van der Waals surface area contributed by atoms with Crippen molar-refractivity contribution in [2.45, 2.75) is 71.1 Å². The van der Waals surface area contributed by atoms with Gasteiger partial charge in [0.25, 0.3) is 0 Å². The molecule has 0 saturated heterocycles. The maximum atomic E-state index is 4.34. The summed E-state index contributed by atoms with van der Waals surface area (Å²) < 4.78 is 0. The molecule has 2 rings (SSSR count). The Bertz CT molecular complexity index is 279. The Morgan fingerprint density at radius 3 is 1.88 bits per heavy atom. The molecule has 0 bridgehead atoms. The Balaban J connectivity index is 1.90. The largest absolute Gasteiger partial charge is 0.159 e. The standard InChI is InChI=1S/C15H25N2/c1-13-12-16-17-15(13)14-10-8-6-4-2-3-5-7-9-11-14/h12,14H,2-11H2,1H3. The van der Waals surface area contributed by atoms with E-state index in [1.165, 1.54) is 75.5 Å². The van der Waals surface area contributed by atoms with E-state index in [9.17, 15) is 0 Å². The van der Waals surface area contributed by atoms with Gasteiger partial charge in [-0.1, -0.05) is 51.4 Å². The van der Waals surface area contributed by atoms with Crippen LogP contribution in [-0.2, 0) is 0 Å². The van der Waals surface area contributed by atoms with Crippen molar-refractivity contribution in [2.24, 2.45) is 11.0 Å². The van der Waals surface area contributed by atoms with Gasteiger partial charge < -0.3 is 0 Å². The molecule has 1 saturated carbocycles. The average Bonchev–Trinajstić information content (AvgIpc) is 2.72. The van der Waals surface area contributed by atoms with E-state index in [-0.39, 0.29) is 0 Å². The number of hydrogen-bond donors (Lipinski definition) is 0. The van der Waals surface area contributed by atoms with Gasteiger partial charge in [-0.05, 0) is 25.3 Å². The van der Waals surface area contributed by atoms with E-state index in [0.29, 0.717) is 5.92 Å². The quantitative estimate of drug-likeness (QED) is 0.642. The van der Waals surface area contributed by atoms with Crippen molar-refractivity contribution in [2.75, 3.05) is 0 Å².